The average Bonchev–Trinajstić information content (AvgIpc) is 2.32. The average molecular weight is 166 g/mol. The van der Waals surface area contributed by atoms with Crippen LogP contribution < -0.4 is 0 Å². The molecule has 12 heavy (non-hydrogen) atoms. The van der Waals surface area contributed by atoms with Crippen LogP contribution in [-0.2, 0) is 4.79 Å². The van der Waals surface area contributed by atoms with Gasteiger partial charge in [0.15, 0.2) is 0 Å². The van der Waals surface area contributed by atoms with E-state index in [1.165, 1.54) is 0 Å². The highest BCUT2D eigenvalue weighted by Gasteiger charge is 2.35. The van der Waals surface area contributed by atoms with Crippen molar-refractivity contribution in [3.8, 4) is 6.07 Å². The van der Waals surface area contributed by atoms with Crippen LogP contribution in [0.25, 0.3) is 0 Å². The molecule has 1 heterocycles. The van der Waals surface area contributed by atoms with E-state index in [2.05, 4.69) is 6.07 Å². The first kappa shape index (κ1) is 9.05. The number of amides is 1. The number of nitriles is 1. The number of hydrogen-bond donors (Lipinski definition) is 0. The van der Waals surface area contributed by atoms with Gasteiger partial charge in [0.1, 0.15) is 0 Å². The molecule has 1 amide bonds. The lowest BCUT2D eigenvalue weighted by Gasteiger charge is -2.21. The summed E-state index contributed by atoms with van der Waals surface area (Å²) in [5, 5.41) is 8.71. The van der Waals surface area contributed by atoms with E-state index >= 15 is 0 Å². The summed E-state index contributed by atoms with van der Waals surface area (Å²) >= 11 is 0. The van der Waals surface area contributed by atoms with Crippen LogP contribution in [0.5, 0.6) is 0 Å². The molecule has 2 unspecified atom stereocenters. The van der Waals surface area contributed by atoms with Crippen molar-refractivity contribution in [2.45, 2.75) is 32.7 Å². The molecule has 0 N–H and O–H groups in total. The van der Waals surface area contributed by atoms with Gasteiger partial charge in [0, 0.05) is 19.0 Å². The van der Waals surface area contributed by atoms with Crippen LogP contribution in [0, 0.1) is 17.2 Å². The van der Waals surface area contributed by atoms with Crippen molar-refractivity contribution in [2.75, 3.05) is 6.54 Å². The van der Waals surface area contributed by atoms with E-state index in [4.69, 9.17) is 5.26 Å². The van der Waals surface area contributed by atoms with Crippen LogP contribution in [0.15, 0.2) is 0 Å². The second kappa shape index (κ2) is 3.57. The first-order valence-corrected chi connectivity index (χ1v) is 4.39. The van der Waals surface area contributed by atoms with Crippen LogP contribution in [-0.4, -0.2) is 23.4 Å². The van der Waals surface area contributed by atoms with E-state index in [1.54, 1.807) is 0 Å². The molecular weight excluding hydrogens is 152 g/mol. The predicted molar refractivity (Wildman–Crippen MR) is 45.2 cm³/mol. The van der Waals surface area contributed by atoms with E-state index in [-0.39, 0.29) is 17.9 Å². The second-order valence-electron chi connectivity index (χ2n) is 3.27. The van der Waals surface area contributed by atoms with Crippen molar-refractivity contribution in [1.29, 1.82) is 5.26 Å². The van der Waals surface area contributed by atoms with E-state index in [0.29, 0.717) is 6.42 Å². The van der Waals surface area contributed by atoms with Crippen LogP contribution in [0.4, 0.5) is 0 Å². The number of rotatable bonds is 2. The first-order chi connectivity index (χ1) is 5.70. The zero-order valence-corrected chi connectivity index (χ0v) is 7.58. The van der Waals surface area contributed by atoms with E-state index < -0.39 is 0 Å². The number of carbonyl (C=O) groups excluding carboxylic acids is 1. The Labute approximate surface area is 73.0 Å². The zero-order valence-electron chi connectivity index (χ0n) is 7.58. The minimum Gasteiger partial charge on any atom is -0.339 e. The fraction of sp³-hybridized carbons (Fsp3) is 0.778. The lowest BCUT2D eigenvalue weighted by atomic mass is 10.0. The molecule has 3 nitrogen and oxygen atoms in total. The van der Waals surface area contributed by atoms with E-state index in [1.807, 2.05) is 18.7 Å². The monoisotopic (exact) mass is 166 g/mol. The molecule has 66 valence electrons. The summed E-state index contributed by atoms with van der Waals surface area (Å²) in [4.78, 5) is 13.1. The molecule has 1 fully saturated rings. The SMILES string of the molecule is CCCN1C(=O)CC(C#N)C1C. The Bertz CT molecular complexity index is 219. The Morgan fingerprint density at radius 1 is 1.75 bits per heavy atom. The maximum atomic E-state index is 11.3. The van der Waals surface area contributed by atoms with E-state index in [0.717, 1.165) is 13.0 Å². The topological polar surface area (TPSA) is 44.1 Å². The van der Waals surface area contributed by atoms with Gasteiger partial charge in [-0.1, -0.05) is 6.92 Å². The Morgan fingerprint density at radius 3 is 2.83 bits per heavy atom. The molecule has 1 aliphatic heterocycles. The molecule has 1 aliphatic rings. The van der Waals surface area contributed by atoms with Crippen molar-refractivity contribution < 1.29 is 4.79 Å². The molecule has 0 aromatic carbocycles. The third kappa shape index (κ3) is 1.42. The molecular formula is C9H14N2O. The summed E-state index contributed by atoms with van der Waals surface area (Å²) < 4.78 is 0. The highest BCUT2D eigenvalue weighted by Crippen LogP contribution is 2.24. The summed E-state index contributed by atoms with van der Waals surface area (Å²) in [7, 11) is 0. The summed E-state index contributed by atoms with van der Waals surface area (Å²) in [5.41, 5.74) is 0. The summed E-state index contributed by atoms with van der Waals surface area (Å²) in [5.74, 6) is 0.0416. The number of carbonyl (C=O) groups is 1. The van der Waals surface area contributed by atoms with Gasteiger partial charge < -0.3 is 4.90 Å². The highest BCUT2D eigenvalue weighted by atomic mass is 16.2. The lowest BCUT2D eigenvalue weighted by molar-refractivity contribution is -0.128. The van der Waals surface area contributed by atoms with Gasteiger partial charge in [0.25, 0.3) is 0 Å². The molecule has 0 aromatic rings. The molecule has 0 aromatic heterocycles. The van der Waals surface area contributed by atoms with Gasteiger partial charge in [0.2, 0.25) is 5.91 Å². The van der Waals surface area contributed by atoms with Gasteiger partial charge in [-0.2, -0.15) is 5.26 Å². The summed E-state index contributed by atoms with van der Waals surface area (Å²) in [6, 6.07) is 2.28. The Kier molecular flexibility index (Phi) is 2.69. The Hall–Kier alpha value is -1.04. The van der Waals surface area contributed by atoms with Crippen molar-refractivity contribution in [1.82, 2.24) is 4.90 Å². The van der Waals surface area contributed by atoms with Crippen molar-refractivity contribution in [2.24, 2.45) is 5.92 Å². The molecule has 0 bridgehead atoms. The van der Waals surface area contributed by atoms with Gasteiger partial charge in [-0.15, -0.1) is 0 Å². The highest BCUT2D eigenvalue weighted by molar-refractivity contribution is 5.79. The van der Waals surface area contributed by atoms with Gasteiger partial charge in [-0.25, -0.2) is 0 Å². The Morgan fingerprint density at radius 2 is 2.42 bits per heavy atom. The fourth-order valence-corrected chi connectivity index (χ4v) is 1.64. The third-order valence-electron chi connectivity index (χ3n) is 2.42. The van der Waals surface area contributed by atoms with Crippen LogP contribution in [0.2, 0.25) is 0 Å². The molecule has 0 spiro atoms. The maximum absolute atomic E-state index is 11.3. The summed E-state index contributed by atoms with van der Waals surface area (Å²) in [6.45, 7) is 4.78. The number of nitrogens with zero attached hydrogens (tertiary/aromatic N) is 2. The number of likely N-dealkylation sites (tertiary alicyclic amines) is 1. The molecule has 0 saturated carbocycles. The minimum atomic E-state index is -0.0935. The van der Waals surface area contributed by atoms with Gasteiger partial charge in [0.05, 0.1) is 12.0 Å². The normalized spacial score (nSPS) is 29.1. The molecule has 3 heteroatoms. The predicted octanol–water partition coefficient (Wildman–Crippen LogP) is 1.16. The second-order valence-corrected chi connectivity index (χ2v) is 3.27. The van der Waals surface area contributed by atoms with Crippen molar-refractivity contribution in [3.63, 3.8) is 0 Å². The largest absolute Gasteiger partial charge is 0.339 e. The van der Waals surface area contributed by atoms with Crippen molar-refractivity contribution in [3.05, 3.63) is 0 Å². The Balaban J connectivity index is 2.65. The molecule has 2 atom stereocenters. The number of hydrogen-bond acceptors (Lipinski definition) is 2. The minimum absolute atomic E-state index is 0.0935. The van der Waals surface area contributed by atoms with Crippen LogP contribution in [0.1, 0.15) is 26.7 Å². The lowest BCUT2D eigenvalue weighted by Crippen LogP contribution is -2.33. The van der Waals surface area contributed by atoms with Crippen molar-refractivity contribution >= 4 is 5.91 Å². The molecule has 0 aliphatic carbocycles. The first-order valence-electron chi connectivity index (χ1n) is 4.39. The van der Waals surface area contributed by atoms with Crippen LogP contribution >= 0.6 is 0 Å². The van der Waals surface area contributed by atoms with Gasteiger partial charge in [-0.05, 0) is 13.3 Å². The molecule has 1 saturated heterocycles. The fourth-order valence-electron chi connectivity index (χ4n) is 1.64. The molecule has 0 radical (unpaired) electrons. The van der Waals surface area contributed by atoms with Gasteiger partial charge in [-0.3, -0.25) is 4.79 Å². The zero-order chi connectivity index (χ0) is 9.14. The standard InChI is InChI=1S/C9H14N2O/c1-3-4-11-7(2)8(6-10)5-9(11)12/h7-8H,3-5H2,1-2H3. The smallest absolute Gasteiger partial charge is 0.224 e. The maximum Gasteiger partial charge on any atom is 0.224 e. The van der Waals surface area contributed by atoms with Crippen LogP contribution in [0.3, 0.4) is 0 Å². The summed E-state index contributed by atoms with van der Waals surface area (Å²) in [6.07, 6.45) is 1.38. The van der Waals surface area contributed by atoms with E-state index in [9.17, 15) is 4.79 Å². The van der Waals surface area contributed by atoms with Gasteiger partial charge >= 0.3 is 0 Å². The third-order valence-corrected chi connectivity index (χ3v) is 2.42. The quantitative estimate of drug-likeness (QED) is 0.617. The molecule has 1 rings (SSSR count).